The fraction of sp³-hybridized carbons (Fsp3) is 0.250. The number of rotatable bonds is 4. The Balaban J connectivity index is 1.30. The van der Waals surface area contributed by atoms with E-state index in [1.807, 2.05) is 24.3 Å². The minimum absolute atomic E-state index is 0.161. The van der Waals surface area contributed by atoms with Crippen molar-refractivity contribution in [3.63, 3.8) is 0 Å². The minimum Gasteiger partial charge on any atom is -0.398 e. The highest BCUT2D eigenvalue weighted by Gasteiger charge is 2.34. The van der Waals surface area contributed by atoms with Crippen LogP contribution in [0.4, 0.5) is 5.69 Å². The number of piperidine rings is 1. The highest BCUT2D eigenvalue weighted by molar-refractivity contribution is 6.31. The average molecular weight is 479 g/mol. The van der Waals surface area contributed by atoms with Gasteiger partial charge in [0.2, 0.25) is 0 Å². The number of carbonyl (C=O) groups excluding carboxylic acids is 1. The van der Waals surface area contributed by atoms with Crippen LogP contribution in [0.2, 0.25) is 5.02 Å². The number of nitrogens with two attached hydrogens (primary N) is 1. The number of likely N-dealkylation sites (tertiary alicyclic amines) is 1. The fourth-order valence-corrected chi connectivity index (χ4v) is 4.61. The van der Waals surface area contributed by atoms with Crippen molar-refractivity contribution in [3.05, 3.63) is 81.5 Å². The third-order valence-electron chi connectivity index (χ3n) is 6.28. The fourth-order valence-electron chi connectivity index (χ4n) is 4.42. The summed E-state index contributed by atoms with van der Waals surface area (Å²) in [4.78, 5) is 33.4. The summed E-state index contributed by atoms with van der Waals surface area (Å²) in [5.74, 6) is -0.161. The van der Waals surface area contributed by atoms with Gasteiger partial charge in [0, 0.05) is 30.2 Å². The Hall–Kier alpha value is -3.69. The molecule has 10 heteroatoms. The molecule has 174 valence electrons. The van der Waals surface area contributed by atoms with Gasteiger partial charge in [0.1, 0.15) is 5.39 Å². The lowest BCUT2D eigenvalue weighted by Crippen LogP contribution is -2.47. The van der Waals surface area contributed by atoms with Crippen LogP contribution in [0.5, 0.6) is 0 Å². The van der Waals surface area contributed by atoms with E-state index in [4.69, 9.17) is 17.3 Å². The van der Waals surface area contributed by atoms with Gasteiger partial charge in [-0.2, -0.15) is 5.10 Å². The molecule has 1 amide bonds. The molecule has 0 saturated carbocycles. The molecule has 1 saturated heterocycles. The van der Waals surface area contributed by atoms with Gasteiger partial charge in [0.05, 0.1) is 29.4 Å². The van der Waals surface area contributed by atoms with Gasteiger partial charge in [0.25, 0.3) is 11.5 Å². The van der Waals surface area contributed by atoms with Crippen LogP contribution < -0.4 is 11.3 Å². The van der Waals surface area contributed by atoms with E-state index in [9.17, 15) is 14.7 Å². The highest BCUT2D eigenvalue weighted by Crippen LogP contribution is 2.29. The molecule has 0 bridgehead atoms. The van der Waals surface area contributed by atoms with Crippen LogP contribution >= 0.6 is 11.6 Å². The second-order valence-electron chi connectivity index (χ2n) is 8.62. The number of anilines is 1. The molecule has 2 aromatic heterocycles. The lowest BCUT2D eigenvalue weighted by Gasteiger charge is -2.38. The maximum atomic E-state index is 12.9. The standard InChI is InChI=1S/C24H23ClN6O3/c25-16-4-5-18(20(26)11-16)23(33)30-8-6-24(34,7-9-30)12-15-2-1-3-17(10-15)31-21-19(13-29-31)22(32)28-14-27-21/h1-5,10-11,13-14,34H,6-9,12,26H2,(H,27,28,32). The predicted molar refractivity (Wildman–Crippen MR) is 129 cm³/mol. The second kappa shape index (κ2) is 8.58. The largest absolute Gasteiger partial charge is 0.398 e. The number of amides is 1. The molecule has 9 nitrogen and oxygen atoms in total. The Morgan fingerprint density at radius 1 is 1.21 bits per heavy atom. The van der Waals surface area contributed by atoms with E-state index >= 15 is 0 Å². The van der Waals surface area contributed by atoms with E-state index in [0.29, 0.717) is 59.7 Å². The maximum absolute atomic E-state index is 12.9. The van der Waals surface area contributed by atoms with Crippen molar-refractivity contribution in [2.24, 2.45) is 0 Å². The van der Waals surface area contributed by atoms with E-state index in [1.165, 1.54) is 12.5 Å². The van der Waals surface area contributed by atoms with E-state index in [0.717, 1.165) is 11.3 Å². The van der Waals surface area contributed by atoms with Gasteiger partial charge in [-0.15, -0.1) is 0 Å². The molecular weight excluding hydrogens is 456 g/mol. The zero-order valence-electron chi connectivity index (χ0n) is 18.2. The van der Waals surface area contributed by atoms with Gasteiger partial charge in [-0.05, 0) is 48.7 Å². The first-order chi connectivity index (χ1) is 16.3. The highest BCUT2D eigenvalue weighted by atomic mass is 35.5. The monoisotopic (exact) mass is 478 g/mol. The number of benzene rings is 2. The molecule has 4 aromatic rings. The van der Waals surface area contributed by atoms with Crippen LogP contribution in [0.15, 0.2) is 59.8 Å². The molecule has 1 fully saturated rings. The quantitative estimate of drug-likeness (QED) is 0.386. The van der Waals surface area contributed by atoms with Crippen molar-refractivity contribution in [1.82, 2.24) is 24.6 Å². The lowest BCUT2D eigenvalue weighted by molar-refractivity contribution is -0.0162. The van der Waals surface area contributed by atoms with E-state index in [2.05, 4.69) is 15.1 Å². The number of nitrogens with one attached hydrogen (secondary N) is 1. The Bertz CT molecular complexity index is 1440. The number of H-pyrrole nitrogens is 1. The Morgan fingerprint density at radius 2 is 2.00 bits per heavy atom. The molecule has 3 heterocycles. The number of carbonyl (C=O) groups is 1. The van der Waals surface area contributed by atoms with Crippen LogP contribution in [-0.4, -0.2) is 54.4 Å². The number of aromatic nitrogens is 4. The number of aliphatic hydroxyl groups is 1. The SMILES string of the molecule is Nc1cc(Cl)ccc1C(=O)N1CCC(O)(Cc2cccc(-n3ncc4c(=O)[nH]cnc43)c2)CC1. The predicted octanol–water partition coefficient (Wildman–Crippen LogP) is 2.55. The number of fused-ring (bicyclic) bond motifs is 1. The summed E-state index contributed by atoms with van der Waals surface area (Å²) in [6, 6.07) is 12.5. The van der Waals surface area contributed by atoms with Crippen molar-refractivity contribution in [2.75, 3.05) is 18.8 Å². The summed E-state index contributed by atoms with van der Waals surface area (Å²) < 4.78 is 1.61. The summed E-state index contributed by atoms with van der Waals surface area (Å²) in [5, 5.41) is 16.5. The molecule has 0 spiro atoms. The van der Waals surface area contributed by atoms with Crippen LogP contribution in [-0.2, 0) is 6.42 Å². The molecule has 0 unspecified atom stereocenters. The Labute approximate surface area is 199 Å². The molecule has 5 rings (SSSR count). The zero-order valence-corrected chi connectivity index (χ0v) is 19.0. The molecule has 4 N–H and O–H groups in total. The van der Waals surface area contributed by atoms with Crippen LogP contribution in [0, 0.1) is 0 Å². The van der Waals surface area contributed by atoms with E-state index in [1.54, 1.807) is 27.8 Å². The van der Waals surface area contributed by atoms with Gasteiger partial charge in [-0.1, -0.05) is 23.7 Å². The van der Waals surface area contributed by atoms with Gasteiger partial charge < -0.3 is 20.7 Å². The van der Waals surface area contributed by atoms with Crippen LogP contribution in [0.1, 0.15) is 28.8 Å². The molecular formula is C24H23ClN6O3. The zero-order chi connectivity index (χ0) is 23.9. The normalized spacial score (nSPS) is 15.5. The number of hydrogen-bond donors (Lipinski definition) is 3. The number of nitrogen functional groups attached to an aromatic ring is 1. The maximum Gasteiger partial charge on any atom is 0.261 e. The summed E-state index contributed by atoms with van der Waals surface area (Å²) in [6.45, 7) is 0.848. The van der Waals surface area contributed by atoms with Gasteiger partial charge in [-0.3, -0.25) is 9.59 Å². The van der Waals surface area contributed by atoms with Gasteiger partial charge >= 0.3 is 0 Å². The van der Waals surface area contributed by atoms with Crippen molar-refractivity contribution in [2.45, 2.75) is 24.9 Å². The van der Waals surface area contributed by atoms with Crippen molar-refractivity contribution >= 4 is 34.2 Å². The average Bonchev–Trinajstić information content (AvgIpc) is 3.25. The van der Waals surface area contributed by atoms with Crippen LogP contribution in [0.3, 0.4) is 0 Å². The summed E-state index contributed by atoms with van der Waals surface area (Å²) >= 11 is 5.94. The van der Waals surface area contributed by atoms with Crippen LogP contribution in [0.25, 0.3) is 16.7 Å². The first-order valence-corrected chi connectivity index (χ1v) is 11.3. The molecule has 0 radical (unpaired) electrons. The molecule has 1 aliphatic rings. The number of nitrogens with zero attached hydrogens (tertiary/aromatic N) is 4. The van der Waals surface area contributed by atoms with Crippen molar-refractivity contribution in [1.29, 1.82) is 0 Å². The summed E-state index contributed by atoms with van der Waals surface area (Å²) in [5.41, 5.74) is 7.69. The molecule has 0 atom stereocenters. The lowest BCUT2D eigenvalue weighted by atomic mass is 9.85. The van der Waals surface area contributed by atoms with Gasteiger partial charge in [0.15, 0.2) is 5.65 Å². The second-order valence-corrected chi connectivity index (χ2v) is 9.06. The minimum atomic E-state index is -0.942. The summed E-state index contributed by atoms with van der Waals surface area (Å²) in [6.07, 6.45) is 4.15. The summed E-state index contributed by atoms with van der Waals surface area (Å²) in [7, 11) is 0. The topological polar surface area (TPSA) is 130 Å². The third kappa shape index (κ3) is 4.15. The molecule has 0 aliphatic carbocycles. The first kappa shape index (κ1) is 22.1. The Morgan fingerprint density at radius 3 is 2.76 bits per heavy atom. The third-order valence-corrected chi connectivity index (χ3v) is 6.52. The molecule has 1 aliphatic heterocycles. The van der Waals surface area contributed by atoms with E-state index < -0.39 is 5.60 Å². The number of hydrogen-bond acceptors (Lipinski definition) is 6. The first-order valence-electron chi connectivity index (χ1n) is 10.9. The smallest absolute Gasteiger partial charge is 0.261 e. The number of halogens is 1. The molecule has 34 heavy (non-hydrogen) atoms. The van der Waals surface area contributed by atoms with Crippen molar-refractivity contribution < 1.29 is 9.90 Å². The van der Waals surface area contributed by atoms with E-state index in [-0.39, 0.29) is 11.5 Å². The van der Waals surface area contributed by atoms with Gasteiger partial charge in [-0.25, -0.2) is 9.67 Å². The number of aromatic amines is 1. The van der Waals surface area contributed by atoms with Crippen molar-refractivity contribution in [3.8, 4) is 5.69 Å². The Kier molecular flexibility index (Phi) is 5.59. The molecule has 2 aromatic carbocycles.